The second-order valence-electron chi connectivity index (χ2n) is 5.09. The van der Waals surface area contributed by atoms with Gasteiger partial charge in [-0.25, -0.2) is 0 Å². The Labute approximate surface area is 110 Å². The molecule has 0 saturated carbocycles. The molecular formula is C17H21N. The summed E-state index contributed by atoms with van der Waals surface area (Å²) in [6.45, 7) is 6.44. The van der Waals surface area contributed by atoms with E-state index in [-0.39, 0.29) is 6.04 Å². The van der Waals surface area contributed by atoms with E-state index in [4.69, 9.17) is 5.73 Å². The lowest BCUT2D eigenvalue weighted by atomic mass is 9.87. The Morgan fingerprint density at radius 3 is 2.28 bits per heavy atom. The van der Waals surface area contributed by atoms with Crippen molar-refractivity contribution < 1.29 is 0 Å². The van der Waals surface area contributed by atoms with Crippen molar-refractivity contribution in [1.82, 2.24) is 0 Å². The molecule has 2 unspecified atom stereocenters. The highest BCUT2D eigenvalue weighted by Crippen LogP contribution is 2.30. The van der Waals surface area contributed by atoms with Gasteiger partial charge in [0.2, 0.25) is 0 Å². The molecular weight excluding hydrogens is 218 g/mol. The average molecular weight is 239 g/mol. The van der Waals surface area contributed by atoms with Crippen molar-refractivity contribution in [2.75, 3.05) is 0 Å². The Hall–Kier alpha value is -1.60. The van der Waals surface area contributed by atoms with E-state index in [9.17, 15) is 0 Å². The van der Waals surface area contributed by atoms with Gasteiger partial charge in [0.25, 0.3) is 0 Å². The van der Waals surface area contributed by atoms with Crippen molar-refractivity contribution in [2.24, 2.45) is 5.73 Å². The van der Waals surface area contributed by atoms with Gasteiger partial charge < -0.3 is 5.73 Å². The van der Waals surface area contributed by atoms with Crippen molar-refractivity contribution in [1.29, 1.82) is 0 Å². The van der Waals surface area contributed by atoms with Crippen molar-refractivity contribution in [2.45, 2.75) is 32.7 Å². The average Bonchev–Trinajstić information content (AvgIpc) is 2.41. The fourth-order valence-corrected chi connectivity index (χ4v) is 2.35. The summed E-state index contributed by atoms with van der Waals surface area (Å²) in [7, 11) is 0. The molecule has 0 heterocycles. The van der Waals surface area contributed by atoms with Crippen LogP contribution in [0.1, 0.15) is 41.1 Å². The van der Waals surface area contributed by atoms with Crippen LogP contribution >= 0.6 is 0 Å². The minimum absolute atomic E-state index is 0.0484. The third kappa shape index (κ3) is 2.62. The molecule has 2 atom stereocenters. The van der Waals surface area contributed by atoms with Gasteiger partial charge in [0.15, 0.2) is 0 Å². The molecule has 0 fully saturated rings. The van der Waals surface area contributed by atoms with E-state index in [1.165, 1.54) is 22.3 Å². The summed E-state index contributed by atoms with van der Waals surface area (Å²) in [6.07, 6.45) is 0. The zero-order valence-corrected chi connectivity index (χ0v) is 11.4. The molecule has 2 aromatic rings. The molecule has 1 nitrogen and oxygen atoms in total. The molecule has 0 radical (unpaired) electrons. The van der Waals surface area contributed by atoms with Crippen LogP contribution in [-0.4, -0.2) is 0 Å². The molecule has 2 rings (SSSR count). The van der Waals surface area contributed by atoms with Crippen LogP contribution in [0.5, 0.6) is 0 Å². The normalized spacial score (nSPS) is 14.2. The van der Waals surface area contributed by atoms with Crippen LogP contribution in [0.4, 0.5) is 0 Å². The first-order valence-corrected chi connectivity index (χ1v) is 6.47. The van der Waals surface area contributed by atoms with E-state index < -0.39 is 0 Å². The van der Waals surface area contributed by atoms with Gasteiger partial charge in [-0.1, -0.05) is 61.0 Å². The molecule has 0 saturated heterocycles. The summed E-state index contributed by atoms with van der Waals surface area (Å²) in [5.41, 5.74) is 11.5. The molecule has 0 aliphatic rings. The first kappa shape index (κ1) is 12.8. The summed E-state index contributed by atoms with van der Waals surface area (Å²) in [5, 5.41) is 0. The molecule has 0 amide bonds. The minimum Gasteiger partial charge on any atom is -0.323 e. The highest BCUT2D eigenvalue weighted by Gasteiger charge is 2.18. The van der Waals surface area contributed by atoms with Gasteiger partial charge in [-0.2, -0.15) is 0 Å². The van der Waals surface area contributed by atoms with Gasteiger partial charge in [0.1, 0.15) is 0 Å². The smallest absolute Gasteiger partial charge is 0.0364 e. The molecule has 0 aromatic heterocycles. The second-order valence-corrected chi connectivity index (χ2v) is 5.09. The van der Waals surface area contributed by atoms with Crippen LogP contribution < -0.4 is 5.73 Å². The molecule has 2 N–H and O–H groups in total. The number of rotatable bonds is 3. The number of hydrogen-bond donors (Lipinski definition) is 1. The summed E-state index contributed by atoms with van der Waals surface area (Å²) in [5.74, 6) is 0.326. The number of benzene rings is 2. The van der Waals surface area contributed by atoms with E-state index >= 15 is 0 Å². The monoisotopic (exact) mass is 239 g/mol. The Morgan fingerprint density at radius 1 is 0.944 bits per heavy atom. The van der Waals surface area contributed by atoms with Crippen molar-refractivity contribution >= 4 is 0 Å². The molecule has 0 bridgehead atoms. The second kappa shape index (κ2) is 5.36. The topological polar surface area (TPSA) is 26.0 Å². The third-order valence-electron chi connectivity index (χ3n) is 3.66. The summed E-state index contributed by atoms with van der Waals surface area (Å²) in [6, 6.07) is 17.0. The summed E-state index contributed by atoms with van der Waals surface area (Å²) < 4.78 is 0. The van der Waals surface area contributed by atoms with Gasteiger partial charge in [-0.05, 0) is 30.5 Å². The third-order valence-corrected chi connectivity index (χ3v) is 3.66. The SMILES string of the molecule is Cc1ccc(C)c(C(N)C(C)c2ccccc2)c1. The summed E-state index contributed by atoms with van der Waals surface area (Å²) >= 11 is 0. The predicted octanol–water partition coefficient (Wildman–Crippen LogP) is 4.11. The zero-order valence-electron chi connectivity index (χ0n) is 11.4. The predicted molar refractivity (Wildman–Crippen MR) is 77.7 cm³/mol. The fourth-order valence-electron chi connectivity index (χ4n) is 2.35. The lowest BCUT2D eigenvalue weighted by molar-refractivity contribution is 0.595. The van der Waals surface area contributed by atoms with Crippen molar-refractivity contribution in [3.63, 3.8) is 0 Å². The van der Waals surface area contributed by atoms with E-state index in [0.29, 0.717) is 5.92 Å². The number of hydrogen-bond acceptors (Lipinski definition) is 1. The minimum atomic E-state index is 0.0484. The first-order chi connectivity index (χ1) is 8.59. The van der Waals surface area contributed by atoms with Gasteiger partial charge in [-0.3, -0.25) is 0 Å². The van der Waals surface area contributed by atoms with Crippen LogP contribution in [0.3, 0.4) is 0 Å². The van der Waals surface area contributed by atoms with Crippen LogP contribution in [0.2, 0.25) is 0 Å². The summed E-state index contributed by atoms with van der Waals surface area (Å²) in [4.78, 5) is 0. The van der Waals surface area contributed by atoms with Gasteiger partial charge in [-0.15, -0.1) is 0 Å². The molecule has 18 heavy (non-hydrogen) atoms. The Balaban J connectivity index is 2.31. The van der Waals surface area contributed by atoms with Crippen LogP contribution in [0.15, 0.2) is 48.5 Å². The standard InChI is InChI=1S/C17H21N/c1-12-9-10-13(2)16(11-12)17(18)14(3)15-7-5-4-6-8-15/h4-11,14,17H,18H2,1-3H3. The molecule has 1 heteroatoms. The van der Waals surface area contributed by atoms with Crippen molar-refractivity contribution in [3.8, 4) is 0 Å². The molecule has 0 aliphatic carbocycles. The Morgan fingerprint density at radius 2 is 1.61 bits per heavy atom. The van der Waals surface area contributed by atoms with Crippen LogP contribution in [-0.2, 0) is 0 Å². The fraction of sp³-hybridized carbons (Fsp3) is 0.294. The van der Waals surface area contributed by atoms with Crippen LogP contribution in [0, 0.1) is 13.8 Å². The van der Waals surface area contributed by atoms with Crippen LogP contribution in [0.25, 0.3) is 0 Å². The van der Waals surface area contributed by atoms with Gasteiger partial charge >= 0.3 is 0 Å². The Bertz CT molecular complexity index is 516. The van der Waals surface area contributed by atoms with E-state index in [2.05, 4.69) is 63.2 Å². The van der Waals surface area contributed by atoms with Crippen molar-refractivity contribution in [3.05, 3.63) is 70.8 Å². The highest BCUT2D eigenvalue weighted by atomic mass is 14.6. The molecule has 0 aliphatic heterocycles. The molecule has 2 aromatic carbocycles. The zero-order chi connectivity index (χ0) is 13.1. The molecule has 0 spiro atoms. The van der Waals surface area contributed by atoms with Gasteiger partial charge in [0, 0.05) is 12.0 Å². The maximum absolute atomic E-state index is 6.44. The largest absolute Gasteiger partial charge is 0.323 e. The van der Waals surface area contributed by atoms with Gasteiger partial charge in [0.05, 0.1) is 0 Å². The maximum atomic E-state index is 6.44. The molecule has 94 valence electrons. The lowest BCUT2D eigenvalue weighted by Gasteiger charge is -2.23. The Kier molecular flexibility index (Phi) is 3.83. The number of nitrogens with two attached hydrogens (primary N) is 1. The van der Waals surface area contributed by atoms with E-state index in [1.54, 1.807) is 0 Å². The number of aryl methyl sites for hydroxylation is 2. The first-order valence-electron chi connectivity index (χ1n) is 6.47. The quantitative estimate of drug-likeness (QED) is 0.857. The highest BCUT2D eigenvalue weighted by molar-refractivity contribution is 5.35. The maximum Gasteiger partial charge on any atom is 0.0364 e. The van der Waals surface area contributed by atoms with E-state index in [0.717, 1.165) is 0 Å². The van der Waals surface area contributed by atoms with E-state index in [1.807, 2.05) is 6.07 Å². The lowest BCUT2D eigenvalue weighted by Crippen LogP contribution is -2.18.